The van der Waals surface area contributed by atoms with Gasteiger partial charge >= 0.3 is 6.18 Å². The molecule has 2 nitrogen and oxygen atoms in total. The maximum Gasteiger partial charge on any atom is 0.391 e. The second-order valence-electron chi connectivity index (χ2n) is 5.46. The molecule has 0 bridgehead atoms. The first-order chi connectivity index (χ1) is 9.47. The van der Waals surface area contributed by atoms with Gasteiger partial charge in [-0.15, -0.1) is 0 Å². The summed E-state index contributed by atoms with van der Waals surface area (Å²) in [6.07, 6.45) is -2.83. The van der Waals surface area contributed by atoms with Crippen LogP contribution in [-0.4, -0.2) is 30.7 Å². The van der Waals surface area contributed by atoms with Crippen LogP contribution in [0.5, 0.6) is 0 Å². The molecule has 0 amide bonds. The third-order valence-corrected chi connectivity index (χ3v) is 4.03. The number of benzene rings is 1. The van der Waals surface area contributed by atoms with Gasteiger partial charge in [0.05, 0.1) is 5.92 Å². The van der Waals surface area contributed by atoms with Gasteiger partial charge in [-0.25, -0.2) is 0 Å². The fourth-order valence-corrected chi connectivity index (χ4v) is 2.67. The van der Waals surface area contributed by atoms with Crippen molar-refractivity contribution >= 4 is 0 Å². The molecule has 1 atom stereocenters. The number of hydrogen-bond acceptors (Lipinski definition) is 2. The molecule has 0 radical (unpaired) electrons. The number of likely N-dealkylation sites (tertiary alicyclic amines) is 1. The van der Waals surface area contributed by atoms with E-state index in [0.29, 0.717) is 13.1 Å². The van der Waals surface area contributed by atoms with Crippen molar-refractivity contribution in [3.63, 3.8) is 0 Å². The Morgan fingerprint density at radius 2 is 1.75 bits per heavy atom. The van der Waals surface area contributed by atoms with Crippen molar-refractivity contribution in [2.75, 3.05) is 19.6 Å². The quantitative estimate of drug-likeness (QED) is 0.919. The largest absolute Gasteiger partial charge is 0.391 e. The van der Waals surface area contributed by atoms with Crippen LogP contribution in [0.2, 0.25) is 0 Å². The molecule has 20 heavy (non-hydrogen) atoms. The molecule has 0 aromatic heterocycles. The van der Waals surface area contributed by atoms with Gasteiger partial charge in [-0.2, -0.15) is 13.2 Å². The fourth-order valence-electron chi connectivity index (χ4n) is 2.67. The lowest BCUT2D eigenvalue weighted by Crippen LogP contribution is -2.39. The zero-order valence-corrected chi connectivity index (χ0v) is 11.4. The van der Waals surface area contributed by atoms with E-state index >= 15 is 0 Å². The van der Waals surface area contributed by atoms with E-state index in [0.717, 1.165) is 18.5 Å². The number of halogens is 3. The average Bonchev–Trinajstić information content (AvgIpc) is 2.45. The van der Waals surface area contributed by atoms with Crippen LogP contribution < -0.4 is 5.73 Å². The summed E-state index contributed by atoms with van der Waals surface area (Å²) in [5, 5.41) is 0. The SMILES string of the molecule is NC(CCN1CCC(C(F)(F)F)CC1)c1ccccc1. The molecule has 2 rings (SSSR count). The van der Waals surface area contributed by atoms with Crippen LogP contribution in [0.25, 0.3) is 0 Å². The van der Waals surface area contributed by atoms with E-state index in [1.54, 1.807) is 0 Å². The molecule has 0 aliphatic carbocycles. The zero-order valence-electron chi connectivity index (χ0n) is 11.4. The highest BCUT2D eigenvalue weighted by atomic mass is 19.4. The lowest BCUT2D eigenvalue weighted by Gasteiger charge is -2.33. The van der Waals surface area contributed by atoms with Crippen LogP contribution in [0.3, 0.4) is 0 Å². The molecule has 1 aliphatic rings. The standard InChI is InChI=1S/C15H21F3N2/c16-15(17,18)13-6-9-20(10-7-13)11-8-14(19)12-4-2-1-3-5-12/h1-5,13-14H,6-11,19H2. The Labute approximate surface area is 117 Å². The Hall–Kier alpha value is -1.07. The normalized spacial score (nSPS) is 20.0. The van der Waals surface area contributed by atoms with Gasteiger partial charge in [0, 0.05) is 6.04 Å². The van der Waals surface area contributed by atoms with E-state index in [9.17, 15) is 13.2 Å². The van der Waals surface area contributed by atoms with Crippen LogP contribution in [0, 0.1) is 5.92 Å². The molecule has 2 N–H and O–H groups in total. The number of hydrogen-bond donors (Lipinski definition) is 1. The lowest BCUT2D eigenvalue weighted by molar-refractivity contribution is -0.185. The molecule has 112 valence electrons. The Balaban J connectivity index is 1.74. The maximum atomic E-state index is 12.6. The minimum Gasteiger partial charge on any atom is -0.324 e. The molecule has 1 aromatic rings. The highest BCUT2D eigenvalue weighted by Crippen LogP contribution is 2.34. The topological polar surface area (TPSA) is 29.3 Å². The average molecular weight is 286 g/mol. The predicted molar refractivity (Wildman–Crippen MR) is 73.2 cm³/mol. The van der Waals surface area contributed by atoms with E-state index in [2.05, 4.69) is 4.90 Å². The van der Waals surface area contributed by atoms with Crippen molar-refractivity contribution in [2.45, 2.75) is 31.5 Å². The molecule has 5 heteroatoms. The van der Waals surface area contributed by atoms with E-state index in [-0.39, 0.29) is 18.9 Å². The highest BCUT2D eigenvalue weighted by molar-refractivity contribution is 5.18. The second-order valence-corrected chi connectivity index (χ2v) is 5.46. The summed E-state index contributed by atoms with van der Waals surface area (Å²) < 4.78 is 37.7. The maximum absolute atomic E-state index is 12.6. The van der Waals surface area contributed by atoms with Crippen molar-refractivity contribution in [1.29, 1.82) is 0 Å². The van der Waals surface area contributed by atoms with Crippen molar-refractivity contribution < 1.29 is 13.2 Å². The van der Waals surface area contributed by atoms with Crippen LogP contribution in [0.1, 0.15) is 30.9 Å². The van der Waals surface area contributed by atoms with Crippen molar-refractivity contribution in [3.8, 4) is 0 Å². The number of piperidine rings is 1. The van der Waals surface area contributed by atoms with Gasteiger partial charge in [-0.05, 0) is 44.5 Å². The van der Waals surface area contributed by atoms with Crippen LogP contribution in [0.15, 0.2) is 30.3 Å². The van der Waals surface area contributed by atoms with Crippen LogP contribution >= 0.6 is 0 Å². The first kappa shape index (κ1) is 15.3. The molecule has 1 aromatic carbocycles. The molecule has 1 aliphatic heterocycles. The summed E-state index contributed by atoms with van der Waals surface area (Å²) in [5.41, 5.74) is 7.18. The molecule has 0 saturated carbocycles. The number of nitrogens with zero attached hydrogens (tertiary/aromatic N) is 1. The highest BCUT2D eigenvalue weighted by Gasteiger charge is 2.40. The monoisotopic (exact) mass is 286 g/mol. The lowest BCUT2D eigenvalue weighted by atomic mass is 9.95. The molecule has 1 unspecified atom stereocenters. The third kappa shape index (κ3) is 4.21. The Morgan fingerprint density at radius 3 is 2.30 bits per heavy atom. The second kappa shape index (κ2) is 6.59. The number of alkyl halides is 3. The van der Waals surface area contributed by atoms with Crippen LogP contribution in [0.4, 0.5) is 13.2 Å². The minimum absolute atomic E-state index is 0.0449. The summed E-state index contributed by atoms with van der Waals surface area (Å²) >= 11 is 0. The molecular formula is C15H21F3N2. The first-order valence-electron chi connectivity index (χ1n) is 7.06. The van der Waals surface area contributed by atoms with Crippen LogP contribution in [-0.2, 0) is 0 Å². The number of rotatable bonds is 4. The van der Waals surface area contributed by atoms with Gasteiger partial charge in [0.1, 0.15) is 0 Å². The summed E-state index contributed by atoms with van der Waals surface area (Å²) in [7, 11) is 0. The Kier molecular flexibility index (Phi) is 5.05. The van der Waals surface area contributed by atoms with Gasteiger partial charge in [-0.1, -0.05) is 30.3 Å². The van der Waals surface area contributed by atoms with Gasteiger partial charge in [0.25, 0.3) is 0 Å². The predicted octanol–water partition coefficient (Wildman–Crippen LogP) is 3.35. The van der Waals surface area contributed by atoms with E-state index in [4.69, 9.17) is 5.73 Å². The molecule has 0 spiro atoms. The molecule has 1 saturated heterocycles. The Morgan fingerprint density at radius 1 is 1.15 bits per heavy atom. The fraction of sp³-hybridized carbons (Fsp3) is 0.600. The Bertz CT molecular complexity index is 397. The summed E-state index contributed by atoms with van der Waals surface area (Å²) in [5.74, 6) is -1.12. The van der Waals surface area contributed by atoms with Gasteiger partial charge in [0.2, 0.25) is 0 Å². The summed E-state index contributed by atoms with van der Waals surface area (Å²) in [4.78, 5) is 2.09. The van der Waals surface area contributed by atoms with Gasteiger partial charge in [-0.3, -0.25) is 0 Å². The van der Waals surface area contributed by atoms with Crippen molar-refractivity contribution in [2.24, 2.45) is 11.7 Å². The molecule has 1 fully saturated rings. The number of nitrogens with two attached hydrogens (primary N) is 1. The summed E-state index contributed by atoms with van der Waals surface area (Å²) in [6, 6.07) is 9.77. The minimum atomic E-state index is -4.04. The smallest absolute Gasteiger partial charge is 0.324 e. The van der Waals surface area contributed by atoms with E-state index < -0.39 is 12.1 Å². The zero-order chi connectivity index (χ0) is 14.6. The van der Waals surface area contributed by atoms with Crippen molar-refractivity contribution in [1.82, 2.24) is 4.90 Å². The third-order valence-electron chi connectivity index (χ3n) is 4.03. The summed E-state index contributed by atoms with van der Waals surface area (Å²) in [6.45, 7) is 1.80. The van der Waals surface area contributed by atoms with Crippen molar-refractivity contribution in [3.05, 3.63) is 35.9 Å². The van der Waals surface area contributed by atoms with E-state index in [1.807, 2.05) is 30.3 Å². The molecule has 1 heterocycles. The van der Waals surface area contributed by atoms with Gasteiger partial charge < -0.3 is 10.6 Å². The first-order valence-corrected chi connectivity index (χ1v) is 7.06. The van der Waals surface area contributed by atoms with Gasteiger partial charge in [0.15, 0.2) is 0 Å². The molecular weight excluding hydrogens is 265 g/mol. The van der Waals surface area contributed by atoms with E-state index in [1.165, 1.54) is 0 Å².